The number of aryl methyl sites for hydroxylation is 1. The van der Waals surface area contributed by atoms with Crippen molar-refractivity contribution >= 4 is 5.82 Å². The van der Waals surface area contributed by atoms with Crippen molar-refractivity contribution in [3.05, 3.63) is 45.9 Å². The molecule has 88 valence electrons. The van der Waals surface area contributed by atoms with Crippen LogP contribution < -0.4 is 0 Å². The summed E-state index contributed by atoms with van der Waals surface area (Å²) in [4.78, 5) is 14.5. The number of hydrogen-bond acceptors (Lipinski definition) is 3. The molecule has 0 bridgehead atoms. The third kappa shape index (κ3) is 1.89. The second-order valence-corrected chi connectivity index (χ2v) is 3.67. The Bertz CT molecular complexity index is 575. The molecular weight excluding hydrogens is 225 g/mol. The average Bonchev–Trinajstić information content (AvgIpc) is 2.55. The van der Waals surface area contributed by atoms with Gasteiger partial charge in [0.1, 0.15) is 11.5 Å². The number of aromatic nitrogens is 2. The fourth-order valence-corrected chi connectivity index (χ4v) is 1.74. The number of nitrogens with zero attached hydrogens (tertiary/aromatic N) is 3. The molecule has 0 fully saturated rings. The van der Waals surface area contributed by atoms with Crippen LogP contribution in [0.2, 0.25) is 0 Å². The van der Waals surface area contributed by atoms with E-state index < -0.39 is 4.92 Å². The molecule has 0 saturated heterocycles. The molecule has 2 aromatic rings. The molecular formula is C11H10FN3O2. The standard InChI is InChI=1S/C11H10FN3O2/c1-7-11(15(16)17)14(2)10(13-7)8-3-5-9(12)6-4-8/h3-6H,1-2H3. The zero-order valence-corrected chi connectivity index (χ0v) is 9.35. The SMILES string of the molecule is Cc1nc(-c2ccc(F)cc2)n(C)c1[N+](=O)[O-]. The van der Waals surface area contributed by atoms with Gasteiger partial charge < -0.3 is 10.1 Å². The normalized spacial score (nSPS) is 10.5. The van der Waals surface area contributed by atoms with Crippen LogP contribution >= 0.6 is 0 Å². The summed E-state index contributed by atoms with van der Waals surface area (Å²) in [5, 5.41) is 10.8. The van der Waals surface area contributed by atoms with Crippen molar-refractivity contribution in [2.24, 2.45) is 7.05 Å². The quantitative estimate of drug-likeness (QED) is 0.593. The first kappa shape index (κ1) is 11.3. The Morgan fingerprint density at radius 3 is 2.41 bits per heavy atom. The molecule has 2 rings (SSSR count). The molecule has 1 heterocycles. The predicted molar refractivity (Wildman–Crippen MR) is 60.0 cm³/mol. The molecule has 1 aromatic carbocycles. The van der Waals surface area contributed by atoms with Crippen LogP contribution in [0.25, 0.3) is 11.4 Å². The minimum Gasteiger partial charge on any atom is -0.358 e. The summed E-state index contributed by atoms with van der Waals surface area (Å²) >= 11 is 0. The fourth-order valence-electron chi connectivity index (χ4n) is 1.74. The number of rotatable bonds is 2. The zero-order valence-electron chi connectivity index (χ0n) is 9.35. The lowest BCUT2D eigenvalue weighted by atomic mass is 10.2. The zero-order chi connectivity index (χ0) is 12.6. The van der Waals surface area contributed by atoms with Gasteiger partial charge in [-0.15, -0.1) is 0 Å². The monoisotopic (exact) mass is 235 g/mol. The summed E-state index contributed by atoms with van der Waals surface area (Å²) in [6, 6.07) is 5.68. The molecule has 0 aliphatic heterocycles. The smallest absolute Gasteiger partial charge is 0.345 e. The molecule has 17 heavy (non-hydrogen) atoms. The largest absolute Gasteiger partial charge is 0.358 e. The Balaban J connectivity index is 2.57. The maximum Gasteiger partial charge on any atom is 0.345 e. The van der Waals surface area contributed by atoms with Gasteiger partial charge in [-0.1, -0.05) is 0 Å². The van der Waals surface area contributed by atoms with E-state index in [4.69, 9.17) is 0 Å². The van der Waals surface area contributed by atoms with Crippen LogP contribution in [0.4, 0.5) is 10.2 Å². The van der Waals surface area contributed by atoms with E-state index in [0.29, 0.717) is 17.1 Å². The van der Waals surface area contributed by atoms with Crippen molar-refractivity contribution in [1.29, 1.82) is 0 Å². The highest BCUT2D eigenvalue weighted by Crippen LogP contribution is 2.25. The van der Waals surface area contributed by atoms with Gasteiger partial charge in [0.15, 0.2) is 0 Å². The van der Waals surface area contributed by atoms with Crippen molar-refractivity contribution in [3.63, 3.8) is 0 Å². The van der Waals surface area contributed by atoms with Gasteiger partial charge in [0.05, 0.1) is 7.05 Å². The van der Waals surface area contributed by atoms with Gasteiger partial charge in [0, 0.05) is 5.56 Å². The first-order chi connectivity index (χ1) is 8.00. The van der Waals surface area contributed by atoms with Crippen molar-refractivity contribution in [1.82, 2.24) is 9.55 Å². The highest BCUT2D eigenvalue weighted by atomic mass is 19.1. The Labute approximate surface area is 96.7 Å². The first-order valence-electron chi connectivity index (χ1n) is 4.94. The fraction of sp³-hybridized carbons (Fsp3) is 0.182. The second-order valence-electron chi connectivity index (χ2n) is 3.67. The van der Waals surface area contributed by atoms with Crippen molar-refractivity contribution < 1.29 is 9.31 Å². The van der Waals surface area contributed by atoms with Gasteiger partial charge in [0.2, 0.25) is 5.82 Å². The summed E-state index contributed by atoms with van der Waals surface area (Å²) in [6.45, 7) is 1.57. The van der Waals surface area contributed by atoms with Crippen molar-refractivity contribution in [2.45, 2.75) is 6.92 Å². The number of imidazole rings is 1. The van der Waals surface area contributed by atoms with Crippen molar-refractivity contribution in [3.8, 4) is 11.4 Å². The summed E-state index contributed by atoms with van der Waals surface area (Å²) in [5.41, 5.74) is 0.988. The van der Waals surface area contributed by atoms with Gasteiger partial charge in [0.25, 0.3) is 0 Å². The highest BCUT2D eigenvalue weighted by Gasteiger charge is 2.22. The molecule has 0 aliphatic rings. The number of hydrogen-bond donors (Lipinski definition) is 0. The first-order valence-corrected chi connectivity index (χ1v) is 4.94. The molecule has 0 atom stereocenters. The van der Waals surface area contributed by atoms with Gasteiger partial charge in [-0.3, -0.25) is 0 Å². The molecule has 0 aliphatic carbocycles. The van der Waals surface area contributed by atoms with E-state index in [1.54, 1.807) is 26.1 Å². The molecule has 0 amide bonds. The maximum atomic E-state index is 12.8. The van der Waals surface area contributed by atoms with Crippen LogP contribution in [0.3, 0.4) is 0 Å². The van der Waals surface area contributed by atoms with Crippen LogP contribution in [-0.4, -0.2) is 14.5 Å². The Hall–Kier alpha value is -2.24. The van der Waals surface area contributed by atoms with Gasteiger partial charge in [-0.05, 0) is 36.1 Å². The molecule has 0 radical (unpaired) electrons. The van der Waals surface area contributed by atoms with Crippen LogP contribution in [0.15, 0.2) is 24.3 Å². The average molecular weight is 235 g/mol. The molecule has 0 spiro atoms. The van der Waals surface area contributed by atoms with Gasteiger partial charge in [-0.25, -0.2) is 13.9 Å². The van der Waals surface area contributed by atoms with Crippen LogP contribution in [0.1, 0.15) is 5.69 Å². The summed E-state index contributed by atoms with van der Waals surface area (Å²) in [7, 11) is 1.57. The van der Waals surface area contributed by atoms with Gasteiger partial charge >= 0.3 is 5.82 Å². The maximum absolute atomic E-state index is 12.8. The highest BCUT2D eigenvalue weighted by molar-refractivity contribution is 5.58. The van der Waals surface area contributed by atoms with E-state index >= 15 is 0 Å². The number of nitro groups is 1. The minimum absolute atomic E-state index is 0.0516. The number of halogens is 1. The molecule has 1 aromatic heterocycles. The van der Waals surface area contributed by atoms with E-state index in [-0.39, 0.29) is 11.6 Å². The molecule has 0 unspecified atom stereocenters. The van der Waals surface area contributed by atoms with E-state index in [2.05, 4.69) is 4.98 Å². The molecule has 6 heteroatoms. The molecule has 0 saturated carbocycles. The van der Waals surface area contributed by atoms with E-state index in [0.717, 1.165) is 0 Å². The summed E-state index contributed by atoms with van der Waals surface area (Å²) < 4.78 is 14.2. The third-order valence-corrected chi connectivity index (χ3v) is 2.51. The minimum atomic E-state index is -0.477. The van der Waals surface area contributed by atoms with E-state index in [9.17, 15) is 14.5 Å². The molecule has 0 N–H and O–H groups in total. The lowest BCUT2D eigenvalue weighted by Crippen LogP contribution is -1.99. The summed E-state index contributed by atoms with van der Waals surface area (Å²) in [5.74, 6) is 0.0488. The lowest BCUT2D eigenvalue weighted by Gasteiger charge is -1.98. The van der Waals surface area contributed by atoms with Crippen LogP contribution in [-0.2, 0) is 7.05 Å². The van der Waals surface area contributed by atoms with Gasteiger partial charge in [-0.2, -0.15) is 0 Å². The topological polar surface area (TPSA) is 61.0 Å². The third-order valence-electron chi connectivity index (χ3n) is 2.51. The van der Waals surface area contributed by atoms with E-state index in [1.165, 1.54) is 16.7 Å². The van der Waals surface area contributed by atoms with Crippen LogP contribution in [0.5, 0.6) is 0 Å². The molecule has 5 nitrogen and oxygen atoms in total. The Morgan fingerprint density at radius 1 is 1.35 bits per heavy atom. The Kier molecular flexibility index (Phi) is 2.63. The second kappa shape index (κ2) is 3.97. The Morgan fingerprint density at radius 2 is 1.94 bits per heavy atom. The number of benzene rings is 1. The lowest BCUT2D eigenvalue weighted by molar-refractivity contribution is -0.392. The van der Waals surface area contributed by atoms with Crippen molar-refractivity contribution in [2.75, 3.05) is 0 Å². The predicted octanol–water partition coefficient (Wildman–Crippen LogP) is 2.44. The summed E-state index contributed by atoms with van der Waals surface area (Å²) in [6.07, 6.45) is 0. The van der Waals surface area contributed by atoms with E-state index in [1.807, 2.05) is 0 Å². The van der Waals surface area contributed by atoms with Crippen LogP contribution in [0, 0.1) is 22.9 Å².